The van der Waals surface area contributed by atoms with Gasteiger partial charge in [0.1, 0.15) is 11.8 Å². The number of ether oxygens (including phenoxy) is 1. The molecule has 8 nitrogen and oxygen atoms in total. The summed E-state index contributed by atoms with van der Waals surface area (Å²) in [5.74, 6) is 0.216. The summed E-state index contributed by atoms with van der Waals surface area (Å²) < 4.78 is 31.5. The lowest BCUT2D eigenvalue weighted by molar-refractivity contribution is -0.141. The molecule has 2 aromatic rings. The first kappa shape index (κ1) is 27.2. The topological polar surface area (TPSA) is 96.0 Å². The molecule has 0 aliphatic rings. The summed E-state index contributed by atoms with van der Waals surface area (Å²) in [5, 5.41) is 2.64. The van der Waals surface area contributed by atoms with Crippen molar-refractivity contribution in [2.24, 2.45) is 0 Å². The number of anilines is 1. The lowest BCUT2D eigenvalue weighted by Crippen LogP contribution is -2.48. The van der Waals surface area contributed by atoms with Crippen LogP contribution in [-0.4, -0.2) is 58.1 Å². The van der Waals surface area contributed by atoms with E-state index in [2.05, 4.69) is 5.32 Å². The van der Waals surface area contributed by atoms with Gasteiger partial charge in [0.15, 0.2) is 0 Å². The summed E-state index contributed by atoms with van der Waals surface area (Å²) >= 11 is 0. The van der Waals surface area contributed by atoms with Gasteiger partial charge < -0.3 is 15.0 Å². The Morgan fingerprint density at radius 1 is 1.12 bits per heavy atom. The normalized spacial score (nSPS) is 12.0. The van der Waals surface area contributed by atoms with Crippen LogP contribution in [0.3, 0.4) is 0 Å². The first-order chi connectivity index (χ1) is 16.1. The van der Waals surface area contributed by atoms with E-state index in [1.54, 1.807) is 31.2 Å². The molecular formula is C25H35N3O5S. The van der Waals surface area contributed by atoms with Gasteiger partial charge in [-0.3, -0.25) is 13.9 Å². The zero-order valence-electron chi connectivity index (χ0n) is 20.6. The summed E-state index contributed by atoms with van der Waals surface area (Å²) in [5.41, 5.74) is 2.28. The van der Waals surface area contributed by atoms with Crippen LogP contribution in [0.1, 0.15) is 37.3 Å². The predicted octanol–water partition coefficient (Wildman–Crippen LogP) is 3.10. The Labute approximate surface area is 202 Å². The Bertz CT molecular complexity index is 1090. The van der Waals surface area contributed by atoms with Crippen molar-refractivity contribution in [3.63, 3.8) is 0 Å². The number of para-hydroxylation sites is 1. The van der Waals surface area contributed by atoms with E-state index >= 15 is 0 Å². The fraction of sp³-hybridized carbons (Fsp3) is 0.440. The smallest absolute Gasteiger partial charge is 0.242 e. The van der Waals surface area contributed by atoms with E-state index in [0.717, 1.165) is 17.4 Å². The highest BCUT2D eigenvalue weighted by atomic mass is 32.2. The second-order valence-electron chi connectivity index (χ2n) is 8.14. The molecule has 34 heavy (non-hydrogen) atoms. The fourth-order valence-corrected chi connectivity index (χ4v) is 4.90. The molecule has 2 amide bonds. The minimum atomic E-state index is -3.52. The number of carbonyl (C=O) groups is 2. The number of amides is 2. The standard InChI is InChI=1S/C25H35N3O5S/c1-6-22(25(30)26-3)27(18-20-12-9-13-21(17-20)33-4)24(29)15-10-16-28(34(5,31)32)23-14-8-7-11-19(23)2/h7-9,11-14,17,22H,6,10,15-16,18H2,1-5H3,(H,26,30)/t22-/m1/s1. The van der Waals surface area contributed by atoms with Crippen LogP contribution in [0.15, 0.2) is 48.5 Å². The summed E-state index contributed by atoms with van der Waals surface area (Å²) in [6.45, 7) is 4.12. The van der Waals surface area contributed by atoms with E-state index in [4.69, 9.17) is 4.74 Å². The number of benzene rings is 2. The van der Waals surface area contributed by atoms with Gasteiger partial charge in [-0.2, -0.15) is 0 Å². The maximum Gasteiger partial charge on any atom is 0.242 e. The third kappa shape index (κ3) is 7.21. The van der Waals surface area contributed by atoms with Crippen LogP contribution in [-0.2, 0) is 26.2 Å². The number of carbonyl (C=O) groups excluding carboxylic acids is 2. The Balaban J connectivity index is 2.21. The first-order valence-corrected chi connectivity index (χ1v) is 13.1. The molecular weight excluding hydrogens is 454 g/mol. The molecule has 0 bridgehead atoms. The molecule has 2 rings (SSSR count). The van der Waals surface area contributed by atoms with Crippen molar-refractivity contribution >= 4 is 27.5 Å². The molecule has 1 N–H and O–H groups in total. The third-order valence-electron chi connectivity index (χ3n) is 5.66. The SMILES string of the molecule is CC[C@H](C(=O)NC)N(Cc1cccc(OC)c1)C(=O)CCCN(c1ccccc1C)S(C)(=O)=O. The molecule has 0 heterocycles. The highest BCUT2D eigenvalue weighted by molar-refractivity contribution is 7.92. The zero-order chi connectivity index (χ0) is 25.3. The molecule has 0 unspecified atom stereocenters. The summed E-state index contributed by atoms with van der Waals surface area (Å²) in [4.78, 5) is 27.4. The Morgan fingerprint density at radius 3 is 2.41 bits per heavy atom. The number of methoxy groups -OCH3 is 1. The summed E-state index contributed by atoms with van der Waals surface area (Å²) in [7, 11) is -0.403. The number of hydrogen-bond acceptors (Lipinski definition) is 5. The first-order valence-electron chi connectivity index (χ1n) is 11.3. The van der Waals surface area contributed by atoms with Crippen molar-refractivity contribution in [3.8, 4) is 5.75 Å². The number of hydrogen-bond donors (Lipinski definition) is 1. The van der Waals surface area contributed by atoms with Crippen molar-refractivity contribution in [2.45, 2.75) is 45.7 Å². The molecule has 0 saturated heterocycles. The average Bonchev–Trinajstić information content (AvgIpc) is 2.81. The van der Waals surface area contributed by atoms with E-state index in [-0.39, 0.29) is 31.3 Å². The Morgan fingerprint density at radius 2 is 1.82 bits per heavy atom. The number of nitrogens with zero attached hydrogens (tertiary/aromatic N) is 2. The number of aryl methyl sites for hydroxylation is 1. The monoisotopic (exact) mass is 489 g/mol. The molecule has 0 saturated carbocycles. The minimum Gasteiger partial charge on any atom is -0.497 e. The van der Waals surface area contributed by atoms with Gasteiger partial charge in [0.2, 0.25) is 21.8 Å². The van der Waals surface area contributed by atoms with Gasteiger partial charge in [-0.25, -0.2) is 8.42 Å². The lowest BCUT2D eigenvalue weighted by atomic mass is 10.1. The van der Waals surface area contributed by atoms with Gasteiger partial charge in [0, 0.05) is 26.6 Å². The summed E-state index contributed by atoms with van der Waals surface area (Å²) in [6, 6.07) is 14.0. The molecule has 0 aliphatic carbocycles. The number of likely N-dealkylation sites (N-methyl/N-ethyl adjacent to an activating group) is 1. The second kappa shape index (κ2) is 12.4. The van der Waals surface area contributed by atoms with Crippen molar-refractivity contribution in [1.82, 2.24) is 10.2 Å². The molecule has 1 atom stereocenters. The average molecular weight is 490 g/mol. The number of sulfonamides is 1. The number of rotatable bonds is 12. The maximum absolute atomic E-state index is 13.3. The second-order valence-corrected chi connectivity index (χ2v) is 10.0. The van der Waals surface area contributed by atoms with E-state index in [9.17, 15) is 18.0 Å². The molecule has 9 heteroatoms. The highest BCUT2D eigenvalue weighted by Crippen LogP contribution is 2.23. The molecule has 0 aliphatic heterocycles. The van der Waals surface area contributed by atoms with Crippen molar-refractivity contribution in [3.05, 3.63) is 59.7 Å². The third-order valence-corrected chi connectivity index (χ3v) is 6.84. The van der Waals surface area contributed by atoms with Crippen LogP contribution in [0, 0.1) is 6.92 Å². The predicted molar refractivity (Wildman–Crippen MR) is 134 cm³/mol. The largest absolute Gasteiger partial charge is 0.497 e. The van der Waals surface area contributed by atoms with Crippen LogP contribution < -0.4 is 14.4 Å². The quantitative estimate of drug-likeness (QED) is 0.494. The Kier molecular flexibility index (Phi) is 9.92. The lowest BCUT2D eigenvalue weighted by Gasteiger charge is -2.31. The van der Waals surface area contributed by atoms with E-state index in [1.165, 1.54) is 4.31 Å². The molecule has 0 spiro atoms. The molecule has 186 valence electrons. The maximum atomic E-state index is 13.3. The van der Waals surface area contributed by atoms with Crippen LogP contribution in [0.4, 0.5) is 5.69 Å². The van der Waals surface area contributed by atoms with Gasteiger partial charge in [0.25, 0.3) is 0 Å². The molecule has 2 aromatic carbocycles. The van der Waals surface area contributed by atoms with Crippen LogP contribution in [0.5, 0.6) is 5.75 Å². The summed E-state index contributed by atoms with van der Waals surface area (Å²) in [6.07, 6.45) is 2.04. The fourth-order valence-electron chi connectivity index (χ4n) is 3.88. The van der Waals surface area contributed by atoms with Crippen molar-refractivity contribution in [2.75, 3.05) is 31.3 Å². The van der Waals surface area contributed by atoms with Gasteiger partial charge in [-0.15, -0.1) is 0 Å². The minimum absolute atomic E-state index is 0.107. The van der Waals surface area contributed by atoms with Crippen LogP contribution >= 0.6 is 0 Å². The zero-order valence-corrected chi connectivity index (χ0v) is 21.4. The Hall–Kier alpha value is -3.07. The van der Waals surface area contributed by atoms with E-state index in [1.807, 2.05) is 50.2 Å². The van der Waals surface area contributed by atoms with E-state index in [0.29, 0.717) is 24.3 Å². The van der Waals surface area contributed by atoms with Gasteiger partial charge >= 0.3 is 0 Å². The van der Waals surface area contributed by atoms with E-state index < -0.39 is 16.1 Å². The molecule has 0 radical (unpaired) electrons. The molecule has 0 aromatic heterocycles. The molecule has 0 fully saturated rings. The highest BCUT2D eigenvalue weighted by Gasteiger charge is 2.28. The van der Waals surface area contributed by atoms with Crippen LogP contribution in [0.2, 0.25) is 0 Å². The van der Waals surface area contributed by atoms with Gasteiger partial charge in [0.05, 0.1) is 19.1 Å². The van der Waals surface area contributed by atoms with Gasteiger partial charge in [-0.05, 0) is 49.1 Å². The van der Waals surface area contributed by atoms with Crippen molar-refractivity contribution in [1.29, 1.82) is 0 Å². The van der Waals surface area contributed by atoms with Crippen molar-refractivity contribution < 1.29 is 22.7 Å². The van der Waals surface area contributed by atoms with Gasteiger partial charge in [-0.1, -0.05) is 37.3 Å². The number of nitrogens with one attached hydrogen (secondary N) is 1. The van der Waals surface area contributed by atoms with Crippen LogP contribution in [0.25, 0.3) is 0 Å².